The van der Waals surface area contributed by atoms with Crippen LogP contribution >= 0.6 is 24.0 Å². The molecule has 0 aliphatic heterocycles. The standard InChI is InChI=1S/C22H34N6O2.HI/c1-17-24-12-13-28(17)16-19-9-6-8-18(14-19)15-27-20(23-5)25-10-7-11-26-21(29)30-22(2,3)4;/h6,8-9,12-14H,7,10-11,15-16H2,1-5H3,(H,26,29)(H2,23,25,27);1H. The van der Waals surface area contributed by atoms with E-state index in [-0.39, 0.29) is 24.0 Å². The number of hydrogen-bond donors (Lipinski definition) is 3. The second-order valence-electron chi connectivity index (χ2n) is 8.06. The number of alkyl carbamates (subject to hydrolysis) is 1. The Labute approximate surface area is 202 Å². The Morgan fingerprint density at radius 2 is 1.87 bits per heavy atom. The first-order valence-electron chi connectivity index (χ1n) is 10.2. The third kappa shape index (κ3) is 10.5. The van der Waals surface area contributed by atoms with Crippen molar-refractivity contribution in [3.05, 3.63) is 53.6 Å². The first kappa shape index (κ1) is 26.7. The number of ether oxygens (including phenoxy) is 1. The molecule has 0 bridgehead atoms. The predicted molar refractivity (Wildman–Crippen MR) is 135 cm³/mol. The number of halogens is 1. The maximum Gasteiger partial charge on any atom is 0.407 e. The molecular formula is C22H35IN6O2. The van der Waals surface area contributed by atoms with Crippen LogP contribution < -0.4 is 16.0 Å². The quantitative estimate of drug-likeness (QED) is 0.206. The zero-order chi connectivity index (χ0) is 22.0. The van der Waals surface area contributed by atoms with Crippen molar-refractivity contribution in [2.24, 2.45) is 4.99 Å². The zero-order valence-electron chi connectivity index (χ0n) is 19.1. The zero-order valence-corrected chi connectivity index (χ0v) is 21.4. The van der Waals surface area contributed by atoms with Gasteiger partial charge in [0.2, 0.25) is 0 Å². The van der Waals surface area contributed by atoms with E-state index >= 15 is 0 Å². The van der Waals surface area contributed by atoms with Gasteiger partial charge in [0, 0.05) is 45.6 Å². The van der Waals surface area contributed by atoms with Crippen molar-refractivity contribution in [3.8, 4) is 0 Å². The number of imidazole rings is 1. The lowest BCUT2D eigenvalue weighted by Crippen LogP contribution is -2.39. The van der Waals surface area contributed by atoms with Gasteiger partial charge in [-0.2, -0.15) is 0 Å². The number of benzene rings is 1. The number of aromatic nitrogens is 2. The van der Waals surface area contributed by atoms with E-state index in [9.17, 15) is 4.79 Å². The van der Waals surface area contributed by atoms with E-state index in [1.54, 1.807) is 7.05 Å². The molecule has 1 amide bonds. The minimum atomic E-state index is -0.483. The van der Waals surface area contributed by atoms with Crippen LogP contribution in [-0.4, -0.2) is 47.3 Å². The summed E-state index contributed by atoms with van der Waals surface area (Å²) in [6.45, 7) is 10.2. The lowest BCUT2D eigenvalue weighted by Gasteiger charge is -2.19. The van der Waals surface area contributed by atoms with E-state index in [1.165, 1.54) is 11.1 Å². The fraction of sp³-hybridized carbons (Fsp3) is 0.500. The highest BCUT2D eigenvalue weighted by Gasteiger charge is 2.15. The molecule has 31 heavy (non-hydrogen) atoms. The number of hydrogen-bond acceptors (Lipinski definition) is 4. The summed E-state index contributed by atoms with van der Waals surface area (Å²) in [5.74, 6) is 1.73. The fourth-order valence-corrected chi connectivity index (χ4v) is 2.81. The third-order valence-corrected chi connectivity index (χ3v) is 4.27. The average molecular weight is 542 g/mol. The monoisotopic (exact) mass is 542 g/mol. The number of carbonyl (C=O) groups excluding carboxylic acids is 1. The molecule has 3 N–H and O–H groups in total. The van der Waals surface area contributed by atoms with Crippen molar-refractivity contribution < 1.29 is 9.53 Å². The van der Waals surface area contributed by atoms with E-state index in [0.717, 1.165) is 24.7 Å². The van der Waals surface area contributed by atoms with Crippen LogP contribution in [0.4, 0.5) is 4.79 Å². The molecule has 0 radical (unpaired) electrons. The smallest absolute Gasteiger partial charge is 0.407 e. The van der Waals surface area contributed by atoms with E-state index in [0.29, 0.717) is 19.6 Å². The average Bonchev–Trinajstić information content (AvgIpc) is 3.07. The Kier molecular flexibility index (Phi) is 11.4. The molecule has 0 saturated carbocycles. The maximum absolute atomic E-state index is 11.6. The number of nitrogens with zero attached hydrogens (tertiary/aromatic N) is 3. The van der Waals surface area contributed by atoms with Gasteiger partial charge in [0.25, 0.3) is 0 Å². The van der Waals surface area contributed by atoms with Crippen LogP contribution in [0.3, 0.4) is 0 Å². The molecular weight excluding hydrogens is 507 g/mol. The number of aliphatic imine (C=N–C) groups is 1. The molecule has 0 fully saturated rings. The number of aryl methyl sites for hydroxylation is 1. The Morgan fingerprint density at radius 3 is 2.52 bits per heavy atom. The van der Waals surface area contributed by atoms with Gasteiger partial charge in [-0.3, -0.25) is 4.99 Å². The van der Waals surface area contributed by atoms with Crippen molar-refractivity contribution in [2.75, 3.05) is 20.1 Å². The van der Waals surface area contributed by atoms with Crippen molar-refractivity contribution >= 4 is 36.0 Å². The second kappa shape index (κ2) is 13.2. The number of carbonyl (C=O) groups is 1. The summed E-state index contributed by atoms with van der Waals surface area (Å²) < 4.78 is 7.33. The highest BCUT2D eigenvalue weighted by Crippen LogP contribution is 2.09. The normalized spacial score (nSPS) is 11.5. The summed E-state index contributed by atoms with van der Waals surface area (Å²) in [6, 6.07) is 8.46. The van der Waals surface area contributed by atoms with Crippen molar-refractivity contribution in [2.45, 2.75) is 52.8 Å². The SMILES string of the molecule is CN=C(NCCCNC(=O)OC(C)(C)C)NCc1cccc(Cn2ccnc2C)c1.I. The molecule has 172 valence electrons. The summed E-state index contributed by atoms with van der Waals surface area (Å²) in [5, 5.41) is 9.33. The van der Waals surface area contributed by atoms with Crippen LogP contribution in [0, 0.1) is 6.92 Å². The Morgan fingerprint density at radius 1 is 1.16 bits per heavy atom. The van der Waals surface area contributed by atoms with Gasteiger partial charge >= 0.3 is 6.09 Å². The summed E-state index contributed by atoms with van der Waals surface area (Å²) in [5.41, 5.74) is 1.93. The molecule has 0 aliphatic rings. The number of amides is 1. The van der Waals surface area contributed by atoms with Crippen LogP contribution in [0.5, 0.6) is 0 Å². The van der Waals surface area contributed by atoms with Gasteiger partial charge < -0.3 is 25.3 Å². The van der Waals surface area contributed by atoms with Gasteiger partial charge in [-0.1, -0.05) is 24.3 Å². The van der Waals surface area contributed by atoms with Gasteiger partial charge in [-0.25, -0.2) is 9.78 Å². The van der Waals surface area contributed by atoms with E-state index in [4.69, 9.17) is 4.74 Å². The number of nitrogens with one attached hydrogen (secondary N) is 3. The van der Waals surface area contributed by atoms with Gasteiger partial charge in [0.05, 0.1) is 0 Å². The molecule has 0 unspecified atom stereocenters. The van der Waals surface area contributed by atoms with Crippen LogP contribution in [0.15, 0.2) is 41.7 Å². The lowest BCUT2D eigenvalue weighted by molar-refractivity contribution is 0.0527. The van der Waals surface area contributed by atoms with Crippen molar-refractivity contribution in [1.29, 1.82) is 0 Å². The summed E-state index contributed by atoms with van der Waals surface area (Å²) in [6.07, 6.45) is 4.18. The van der Waals surface area contributed by atoms with E-state index in [2.05, 4.69) is 54.8 Å². The Hall–Kier alpha value is -2.30. The Bertz CT molecular complexity index is 845. The summed E-state index contributed by atoms with van der Waals surface area (Å²) in [4.78, 5) is 20.1. The molecule has 2 aromatic rings. The van der Waals surface area contributed by atoms with Gasteiger partial charge in [-0.15, -0.1) is 24.0 Å². The van der Waals surface area contributed by atoms with Crippen LogP contribution in [0.25, 0.3) is 0 Å². The first-order chi connectivity index (χ1) is 14.3. The van der Waals surface area contributed by atoms with Crippen LogP contribution in [0.2, 0.25) is 0 Å². The van der Waals surface area contributed by atoms with Crippen LogP contribution in [0.1, 0.15) is 44.1 Å². The molecule has 2 rings (SSSR count). The molecule has 1 heterocycles. The molecule has 0 saturated heterocycles. The number of rotatable bonds is 8. The topological polar surface area (TPSA) is 92.6 Å². The molecule has 1 aromatic heterocycles. The minimum absolute atomic E-state index is 0. The largest absolute Gasteiger partial charge is 0.444 e. The molecule has 1 aromatic carbocycles. The van der Waals surface area contributed by atoms with Crippen molar-refractivity contribution in [3.63, 3.8) is 0 Å². The van der Waals surface area contributed by atoms with Crippen molar-refractivity contribution in [1.82, 2.24) is 25.5 Å². The highest BCUT2D eigenvalue weighted by molar-refractivity contribution is 14.0. The predicted octanol–water partition coefficient (Wildman–Crippen LogP) is 3.44. The molecule has 0 spiro atoms. The van der Waals surface area contributed by atoms with Gasteiger partial charge in [0.1, 0.15) is 11.4 Å². The second-order valence-corrected chi connectivity index (χ2v) is 8.06. The summed E-state index contributed by atoms with van der Waals surface area (Å²) >= 11 is 0. The van der Waals surface area contributed by atoms with E-state index in [1.807, 2.05) is 40.1 Å². The van der Waals surface area contributed by atoms with Gasteiger partial charge in [-0.05, 0) is 45.2 Å². The molecule has 9 heteroatoms. The first-order valence-corrected chi connectivity index (χ1v) is 10.2. The van der Waals surface area contributed by atoms with Gasteiger partial charge in [0.15, 0.2) is 5.96 Å². The summed E-state index contributed by atoms with van der Waals surface area (Å²) in [7, 11) is 1.74. The molecule has 0 atom stereocenters. The third-order valence-electron chi connectivity index (χ3n) is 4.27. The lowest BCUT2D eigenvalue weighted by atomic mass is 10.1. The maximum atomic E-state index is 11.6. The molecule has 0 aliphatic carbocycles. The Balaban J connectivity index is 0.00000480. The fourth-order valence-electron chi connectivity index (χ4n) is 2.81. The highest BCUT2D eigenvalue weighted by atomic mass is 127. The minimum Gasteiger partial charge on any atom is -0.444 e. The van der Waals surface area contributed by atoms with Crippen LogP contribution in [-0.2, 0) is 17.8 Å². The molecule has 8 nitrogen and oxygen atoms in total. The number of guanidine groups is 1. The van der Waals surface area contributed by atoms with E-state index < -0.39 is 11.7 Å².